The van der Waals surface area contributed by atoms with Crippen molar-refractivity contribution in [3.8, 4) is 0 Å². The number of benzene rings is 2. The van der Waals surface area contributed by atoms with Crippen LogP contribution in [0.4, 0.5) is 0 Å². The average Bonchev–Trinajstić information content (AvgIpc) is 2.99. The Labute approximate surface area is 149 Å². The minimum atomic E-state index is 0.0794. The van der Waals surface area contributed by atoms with Crippen molar-refractivity contribution in [1.29, 1.82) is 0 Å². The first-order valence-electron chi connectivity index (χ1n) is 8.25. The second-order valence-corrected chi connectivity index (χ2v) is 7.27. The van der Waals surface area contributed by atoms with Gasteiger partial charge in [-0.3, -0.25) is 4.79 Å². The zero-order chi connectivity index (χ0) is 16.7. The van der Waals surface area contributed by atoms with Gasteiger partial charge in [0.2, 0.25) is 0 Å². The van der Waals surface area contributed by atoms with Crippen LogP contribution in [0.1, 0.15) is 28.0 Å². The summed E-state index contributed by atoms with van der Waals surface area (Å²) in [6, 6.07) is 16.3. The maximum Gasteiger partial charge on any atom is 0.254 e. The molecule has 0 aliphatic heterocycles. The molecule has 1 aromatic heterocycles. The number of carbonyl (C=O) groups excluding carboxylic acids is 1. The van der Waals surface area contributed by atoms with Crippen molar-refractivity contribution < 1.29 is 4.79 Å². The second-order valence-electron chi connectivity index (χ2n) is 6.42. The molecule has 122 valence electrons. The van der Waals surface area contributed by atoms with Gasteiger partial charge in [0.15, 0.2) is 0 Å². The number of hydrogen-bond acceptors (Lipinski definition) is 1. The summed E-state index contributed by atoms with van der Waals surface area (Å²) in [6.45, 7) is 0. The lowest BCUT2D eigenvalue weighted by Crippen LogP contribution is -2.40. The Balaban J connectivity index is 1.62. The number of H-pyrrole nitrogens is 1. The van der Waals surface area contributed by atoms with Crippen molar-refractivity contribution >= 4 is 32.7 Å². The van der Waals surface area contributed by atoms with E-state index in [2.05, 4.69) is 45.2 Å². The van der Waals surface area contributed by atoms with Crippen LogP contribution in [-0.2, 0) is 12.8 Å². The molecule has 1 aliphatic rings. The predicted octanol–water partition coefficient (Wildman–Crippen LogP) is 4.56. The summed E-state index contributed by atoms with van der Waals surface area (Å²) in [5.74, 6) is 0.0794. The van der Waals surface area contributed by atoms with Crippen molar-refractivity contribution in [2.45, 2.75) is 25.3 Å². The van der Waals surface area contributed by atoms with Gasteiger partial charge in [-0.1, -0.05) is 30.3 Å². The Morgan fingerprint density at radius 2 is 1.92 bits per heavy atom. The molecule has 1 amide bonds. The number of hydrogen-bond donors (Lipinski definition) is 1. The zero-order valence-electron chi connectivity index (χ0n) is 13.6. The van der Waals surface area contributed by atoms with E-state index >= 15 is 0 Å². The molecule has 0 fully saturated rings. The van der Waals surface area contributed by atoms with E-state index in [0.717, 1.165) is 29.3 Å². The lowest BCUT2D eigenvalue weighted by Gasteiger charge is -2.31. The molecule has 1 aliphatic carbocycles. The van der Waals surface area contributed by atoms with Crippen LogP contribution in [0.2, 0.25) is 0 Å². The van der Waals surface area contributed by atoms with Crippen molar-refractivity contribution in [3.63, 3.8) is 0 Å². The Bertz CT molecular complexity index is 915. The first-order chi connectivity index (χ1) is 11.6. The molecule has 4 heteroatoms. The van der Waals surface area contributed by atoms with Gasteiger partial charge in [-0.15, -0.1) is 0 Å². The molecule has 0 spiro atoms. The molecule has 1 N–H and O–H groups in total. The highest BCUT2D eigenvalue weighted by atomic mass is 79.9. The summed E-state index contributed by atoms with van der Waals surface area (Å²) < 4.78 is 0.852. The van der Waals surface area contributed by atoms with Crippen molar-refractivity contribution in [2.75, 3.05) is 7.05 Å². The summed E-state index contributed by atoms with van der Waals surface area (Å²) in [4.78, 5) is 18.3. The topological polar surface area (TPSA) is 36.1 Å². The van der Waals surface area contributed by atoms with E-state index in [1.54, 1.807) is 0 Å². The Hall–Kier alpha value is -2.07. The summed E-state index contributed by atoms with van der Waals surface area (Å²) in [6.07, 6.45) is 2.89. The zero-order valence-corrected chi connectivity index (χ0v) is 15.1. The molecule has 3 aromatic rings. The fraction of sp³-hybridized carbons (Fsp3) is 0.250. The van der Waals surface area contributed by atoms with E-state index in [9.17, 15) is 4.79 Å². The SMILES string of the molecule is CN(C(=O)c1ccccc1Br)C1CCc2[nH]c3ccccc3c2C1. The van der Waals surface area contributed by atoms with Gasteiger partial charge in [0.25, 0.3) is 5.91 Å². The predicted molar refractivity (Wildman–Crippen MR) is 100 cm³/mol. The van der Waals surface area contributed by atoms with E-state index in [0.29, 0.717) is 0 Å². The third kappa shape index (κ3) is 2.55. The molecule has 1 atom stereocenters. The monoisotopic (exact) mass is 382 g/mol. The highest BCUT2D eigenvalue weighted by Gasteiger charge is 2.28. The van der Waals surface area contributed by atoms with Gasteiger partial charge >= 0.3 is 0 Å². The van der Waals surface area contributed by atoms with Gasteiger partial charge in [0.1, 0.15) is 0 Å². The third-order valence-electron chi connectivity index (χ3n) is 5.04. The lowest BCUT2D eigenvalue weighted by atomic mass is 9.90. The number of aromatic nitrogens is 1. The first kappa shape index (κ1) is 15.5. The summed E-state index contributed by atoms with van der Waals surface area (Å²) in [5, 5.41) is 1.29. The smallest absolute Gasteiger partial charge is 0.254 e. The van der Waals surface area contributed by atoms with Gasteiger partial charge < -0.3 is 9.88 Å². The number of para-hydroxylation sites is 1. The minimum Gasteiger partial charge on any atom is -0.358 e. The second kappa shape index (κ2) is 6.10. The fourth-order valence-electron chi connectivity index (χ4n) is 3.67. The summed E-state index contributed by atoms with van der Waals surface area (Å²) >= 11 is 3.49. The molecule has 0 saturated carbocycles. The van der Waals surface area contributed by atoms with Crippen molar-refractivity contribution in [3.05, 3.63) is 69.8 Å². The number of carbonyl (C=O) groups is 1. The molecule has 1 unspecified atom stereocenters. The van der Waals surface area contributed by atoms with Gasteiger partial charge in [-0.25, -0.2) is 0 Å². The molecule has 2 aromatic carbocycles. The molecule has 0 radical (unpaired) electrons. The largest absolute Gasteiger partial charge is 0.358 e. The van der Waals surface area contributed by atoms with E-state index in [4.69, 9.17) is 0 Å². The van der Waals surface area contributed by atoms with Gasteiger partial charge in [0.05, 0.1) is 5.56 Å². The van der Waals surface area contributed by atoms with Gasteiger partial charge in [-0.05, 0) is 59.0 Å². The molecular formula is C20H19BrN2O. The normalized spacial score (nSPS) is 16.8. The number of fused-ring (bicyclic) bond motifs is 3. The van der Waals surface area contributed by atoms with Crippen LogP contribution in [0.3, 0.4) is 0 Å². The molecule has 3 nitrogen and oxygen atoms in total. The van der Waals surface area contributed by atoms with Crippen LogP contribution in [0.5, 0.6) is 0 Å². The van der Waals surface area contributed by atoms with Crippen LogP contribution >= 0.6 is 15.9 Å². The van der Waals surface area contributed by atoms with Crippen molar-refractivity contribution in [1.82, 2.24) is 9.88 Å². The van der Waals surface area contributed by atoms with E-state index in [-0.39, 0.29) is 11.9 Å². The van der Waals surface area contributed by atoms with Gasteiger partial charge in [0, 0.05) is 34.2 Å². The fourth-order valence-corrected chi connectivity index (χ4v) is 4.13. The van der Waals surface area contributed by atoms with Crippen molar-refractivity contribution in [2.24, 2.45) is 0 Å². The number of aromatic amines is 1. The quantitative estimate of drug-likeness (QED) is 0.692. The maximum atomic E-state index is 12.9. The summed E-state index contributed by atoms with van der Waals surface area (Å²) in [5.41, 5.74) is 4.62. The molecular weight excluding hydrogens is 364 g/mol. The molecule has 0 bridgehead atoms. The van der Waals surface area contributed by atoms with Crippen LogP contribution in [0, 0.1) is 0 Å². The minimum absolute atomic E-state index is 0.0794. The molecule has 1 heterocycles. The number of likely N-dealkylation sites (N-methyl/N-ethyl adjacent to an activating group) is 1. The number of nitrogens with one attached hydrogen (secondary N) is 1. The van der Waals surface area contributed by atoms with E-state index in [1.807, 2.05) is 36.2 Å². The van der Waals surface area contributed by atoms with Crippen LogP contribution in [-0.4, -0.2) is 28.9 Å². The van der Waals surface area contributed by atoms with E-state index < -0.39 is 0 Å². The number of nitrogens with zero attached hydrogens (tertiary/aromatic N) is 1. The highest BCUT2D eigenvalue weighted by Crippen LogP contribution is 2.31. The number of aryl methyl sites for hydroxylation is 1. The molecule has 0 saturated heterocycles. The average molecular weight is 383 g/mol. The number of halogens is 1. The number of amides is 1. The highest BCUT2D eigenvalue weighted by molar-refractivity contribution is 9.10. The van der Waals surface area contributed by atoms with Crippen LogP contribution in [0.25, 0.3) is 10.9 Å². The van der Waals surface area contributed by atoms with Crippen LogP contribution in [0.15, 0.2) is 53.0 Å². The molecule has 24 heavy (non-hydrogen) atoms. The Kier molecular flexibility index (Phi) is 3.93. The lowest BCUT2D eigenvalue weighted by molar-refractivity contribution is 0.0718. The number of rotatable bonds is 2. The Morgan fingerprint density at radius 1 is 1.17 bits per heavy atom. The van der Waals surface area contributed by atoms with Crippen LogP contribution < -0.4 is 0 Å². The maximum absolute atomic E-state index is 12.9. The Morgan fingerprint density at radius 3 is 2.75 bits per heavy atom. The third-order valence-corrected chi connectivity index (χ3v) is 5.73. The van der Waals surface area contributed by atoms with E-state index in [1.165, 1.54) is 22.2 Å². The summed E-state index contributed by atoms with van der Waals surface area (Å²) in [7, 11) is 1.92. The molecule has 4 rings (SSSR count). The van der Waals surface area contributed by atoms with Gasteiger partial charge in [-0.2, -0.15) is 0 Å². The standard InChI is InChI=1S/C20H19BrN2O/c1-23(20(24)15-7-2-4-8-17(15)21)13-10-11-19-16(12-13)14-6-3-5-9-18(14)22-19/h2-9,13,22H,10-12H2,1H3. The first-order valence-corrected chi connectivity index (χ1v) is 9.04.